The van der Waals surface area contributed by atoms with Crippen molar-refractivity contribution < 1.29 is 9.66 Å². The summed E-state index contributed by atoms with van der Waals surface area (Å²) in [4.78, 5) is 18.8. The van der Waals surface area contributed by atoms with Gasteiger partial charge < -0.3 is 10.1 Å². The van der Waals surface area contributed by atoms with Crippen molar-refractivity contribution in [2.75, 3.05) is 11.9 Å². The molecule has 1 N–H and O–H groups in total. The molecule has 0 unspecified atom stereocenters. The van der Waals surface area contributed by atoms with Crippen LogP contribution < -0.4 is 10.1 Å². The second-order valence-corrected chi connectivity index (χ2v) is 4.30. The third kappa shape index (κ3) is 3.65. The number of nitrogens with zero attached hydrogens (tertiary/aromatic N) is 3. The molecule has 0 aliphatic heterocycles. The van der Waals surface area contributed by atoms with E-state index in [4.69, 9.17) is 4.74 Å². The van der Waals surface area contributed by atoms with Gasteiger partial charge in [0.2, 0.25) is 5.82 Å². The van der Waals surface area contributed by atoms with Gasteiger partial charge in [-0.2, -0.15) is 4.98 Å². The first kappa shape index (κ1) is 14.7. The zero-order valence-electron chi connectivity index (χ0n) is 11.9. The molecule has 7 nitrogen and oxygen atoms in total. The largest absolute Gasteiger partial charge is 0.473 e. The quantitative estimate of drug-likeness (QED) is 0.649. The van der Waals surface area contributed by atoms with E-state index in [0.29, 0.717) is 19.0 Å². The van der Waals surface area contributed by atoms with Crippen LogP contribution in [-0.4, -0.2) is 21.5 Å². The number of anilines is 1. The van der Waals surface area contributed by atoms with Crippen LogP contribution in [0.5, 0.6) is 5.88 Å². The molecule has 0 aliphatic carbocycles. The van der Waals surface area contributed by atoms with Crippen molar-refractivity contribution in [2.24, 2.45) is 0 Å². The van der Waals surface area contributed by atoms with Crippen molar-refractivity contribution >= 4 is 11.5 Å². The van der Waals surface area contributed by atoms with Crippen LogP contribution in [0.3, 0.4) is 0 Å². The molecule has 110 valence electrons. The van der Waals surface area contributed by atoms with Crippen LogP contribution in [0, 0.1) is 17.0 Å². The van der Waals surface area contributed by atoms with Gasteiger partial charge in [0.1, 0.15) is 5.82 Å². The van der Waals surface area contributed by atoms with Gasteiger partial charge >= 0.3 is 5.69 Å². The first-order valence-electron chi connectivity index (χ1n) is 6.55. The minimum absolute atomic E-state index is 0.00874. The Morgan fingerprint density at radius 2 is 2.00 bits per heavy atom. The van der Waals surface area contributed by atoms with E-state index >= 15 is 0 Å². The van der Waals surface area contributed by atoms with Gasteiger partial charge in [-0.3, -0.25) is 10.1 Å². The highest BCUT2D eigenvalue weighted by molar-refractivity contribution is 5.61. The van der Waals surface area contributed by atoms with Crippen LogP contribution in [0.25, 0.3) is 0 Å². The molecular formula is C14H16N4O3. The summed E-state index contributed by atoms with van der Waals surface area (Å²) in [7, 11) is 0. The minimum Gasteiger partial charge on any atom is -0.473 e. The molecule has 0 fully saturated rings. The monoisotopic (exact) mass is 288 g/mol. The highest BCUT2D eigenvalue weighted by Crippen LogP contribution is 2.32. The minimum atomic E-state index is -0.530. The zero-order chi connectivity index (χ0) is 15.2. The number of hydrogen-bond donors (Lipinski definition) is 1. The lowest BCUT2D eigenvalue weighted by molar-refractivity contribution is -0.385. The van der Waals surface area contributed by atoms with E-state index < -0.39 is 4.92 Å². The summed E-state index contributed by atoms with van der Waals surface area (Å²) < 4.78 is 5.24. The summed E-state index contributed by atoms with van der Waals surface area (Å²) in [6.45, 7) is 4.15. The second-order valence-electron chi connectivity index (χ2n) is 4.30. The molecular weight excluding hydrogens is 272 g/mol. The zero-order valence-corrected chi connectivity index (χ0v) is 11.9. The van der Waals surface area contributed by atoms with E-state index in [9.17, 15) is 10.1 Å². The number of aryl methyl sites for hydroxylation is 1. The third-order valence-electron chi connectivity index (χ3n) is 2.73. The summed E-state index contributed by atoms with van der Waals surface area (Å²) in [5.74, 6) is 0.574. The maximum Gasteiger partial charge on any atom is 0.372 e. The van der Waals surface area contributed by atoms with Crippen molar-refractivity contribution in [3.8, 4) is 5.88 Å². The van der Waals surface area contributed by atoms with Gasteiger partial charge in [0.05, 0.1) is 11.5 Å². The normalized spacial score (nSPS) is 10.2. The van der Waals surface area contributed by atoms with Gasteiger partial charge in [0, 0.05) is 6.54 Å². The fourth-order valence-corrected chi connectivity index (χ4v) is 1.85. The fraction of sp³-hybridized carbons (Fsp3) is 0.286. The van der Waals surface area contributed by atoms with Gasteiger partial charge in [-0.05, 0) is 19.4 Å². The number of nitro groups is 1. The van der Waals surface area contributed by atoms with E-state index in [1.807, 2.05) is 30.3 Å². The molecule has 1 aromatic heterocycles. The number of hydrogen-bond acceptors (Lipinski definition) is 6. The average Bonchev–Trinajstić information content (AvgIpc) is 2.45. The summed E-state index contributed by atoms with van der Waals surface area (Å²) >= 11 is 0. The summed E-state index contributed by atoms with van der Waals surface area (Å²) in [5, 5.41) is 14.2. The Morgan fingerprint density at radius 1 is 1.29 bits per heavy atom. The first-order chi connectivity index (χ1) is 10.1. The Labute approximate surface area is 122 Å². The molecule has 2 aromatic rings. The Bertz CT molecular complexity index is 632. The SMILES string of the molecule is CCOc1nc(C)nc(NCc2ccccc2)c1[N+](=O)[O-]. The van der Waals surface area contributed by atoms with Crippen LogP contribution >= 0.6 is 0 Å². The number of aromatic nitrogens is 2. The molecule has 1 heterocycles. The molecule has 2 rings (SSSR count). The van der Waals surface area contributed by atoms with Crippen LogP contribution in [0.1, 0.15) is 18.3 Å². The fourth-order valence-electron chi connectivity index (χ4n) is 1.85. The third-order valence-corrected chi connectivity index (χ3v) is 2.73. The number of ether oxygens (including phenoxy) is 1. The lowest BCUT2D eigenvalue weighted by atomic mass is 10.2. The molecule has 21 heavy (non-hydrogen) atoms. The topological polar surface area (TPSA) is 90.2 Å². The predicted molar refractivity (Wildman–Crippen MR) is 78.4 cm³/mol. The number of benzene rings is 1. The van der Waals surface area contributed by atoms with Crippen molar-refractivity contribution in [1.82, 2.24) is 9.97 Å². The maximum absolute atomic E-state index is 11.2. The highest BCUT2D eigenvalue weighted by atomic mass is 16.6. The molecule has 7 heteroatoms. The van der Waals surface area contributed by atoms with Crippen LogP contribution in [-0.2, 0) is 6.54 Å². The molecule has 0 amide bonds. The Morgan fingerprint density at radius 3 is 2.62 bits per heavy atom. The van der Waals surface area contributed by atoms with Gasteiger partial charge in [-0.25, -0.2) is 4.98 Å². The van der Waals surface area contributed by atoms with E-state index in [0.717, 1.165) is 5.56 Å². The smallest absolute Gasteiger partial charge is 0.372 e. The molecule has 0 atom stereocenters. The standard InChI is InChI=1S/C14H16N4O3/c1-3-21-14-12(18(19)20)13(16-10(2)17-14)15-9-11-7-5-4-6-8-11/h4-8H,3,9H2,1-2H3,(H,15,16,17). The van der Waals surface area contributed by atoms with E-state index in [2.05, 4.69) is 15.3 Å². The predicted octanol–water partition coefficient (Wildman–Crippen LogP) is 2.70. The lowest BCUT2D eigenvalue weighted by Gasteiger charge is -2.10. The second kappa shape index (κ2) is 6.65. The average molecular weight is 288 g/mol. The summed E-state index contributed by atoms with van der Waals surface area (Å²) in [6, 6.07) is 9.57. The first-order valence-corrected chi connectivity index (χ1v) is 6.55. The summed E-state index contributed by atoms with van der Waals surface area (Å²) in [5.41, 5.74) is 0.763. The maximum atomic E-state index is 11.2. The molecule has 0 saturated heterocycles. The van der Waals surface area contributed by atoms with Gasteiger partial charge in [0.25, 0.3) is 5.88 Å². The van der Waals surface area contributed by atoms with E-state index in [-0.39, 0.29) is 17.4 Å². The molecule has 0 saturated carbocycles. The number of nitrogens with one attached hydrogen (secondary N) is 1. The van der Waals surface area contributed by atoms with Crippen molar-refractivity contribution in [3.63, 3.8) is 0 Å². The van der Waals surface area contributed by atoms with Crippen molar-refractivity contribution in [2.45, 2.75) is 20.4 Å². The van der Waals surface area contributed by atoms with Crippen LogP contribution in [0.4, 0.5) is 11.5 Å². The van der Waals surface area contributed by atoms with Crippen molar-refractivity contribution in [1.29, 1.82) is 0 Å². The van der Waals surface area contributed by atoms with E-state index in [1.54, 1.807) is 13.8 Å². The van der Waals surface area contributed by atoms with Crippen LogP contribution in [0.15, 0.2) is 30.3 Å². The molecule has 0 bridgehead atoms. The lowest BCUT2D eigenvalue weighted by Crippen LogP contribution is -2.09. The Kier molecular flexibility index (Phi) is 4.65. The molecule has 0 aliphatic rings. The molecule has 0 spiro atoms. The molecule has 1 aromatic carbocycles. The number of rotatable bonds is 6. The summed E-state index contributed by atoms with van der Waals surface area (Å²) in [6.07, 6.45) is 0. The highest BCUT2D eigenvalue weighted by Gasteiger charge is 2.25. The Hall–Kier alpha value is -2.70. The van der Waals surface area contributed by atoms with Gasteiger partial charge in [-0.1, -0.05) is 30.3 Å². The van der Waals surface area contributed by atoms with Crippen molar-refractivity contribution in [3.05, 3.63) is 51.8 Å². The van der Waals surface area contributed by atoms with Gasteiger partial charge in [-0.15, -0.1) is 0 Å². The van der Waals surface area contributed by atoms with Gasteiger partial charge in [0.15, 0.2) is 0 Å². The van der Waals surface area contributed by atoms with E-state index in [1.165, 1.54) is 0 Å². The molecule has 0 radical (unpaired) electrons. The van der Waals surface area contributed by atoms with Crippen LogP contribution in [0.2, 0.25) is 0 Å². The Balaban J connectivity index is 2.30.